The Morgan fingerprint density at radius 3 is 1.12 bits per heavy atom. The molecule has 0 aliphatic rings. The maximum atomic E-state index is 5.19. The van der Waals surface area contributed by atoms with E-state index in [0.29, 0.717) is 0 Å². The van der Waals surface area contributed by atoms with Gasteiger partial charge in [0.15, 0.2) is 0 Å². The number of rotatable bonds is 12. The zero-order chi connectivity index (χ0) is 27.7. The van der Waals surface area contributed by atoms with Crippen molar-refractivity contribution in [2.75, 3.05) is 0 Å². The molecule has 0 aliphatic carbocycles. The molecule has 0 saturated carbocycles. The van der Waals surface area contributed by atoms with Crippen molar-refractivity contribution in [1.29, 1.82) is 0 Å². The van der Waals surface area contributed by atoms with Crippen LogP contribution in [-0.4, -0.2) is 16.4 Å². The molecule has 231 valence electrons. The molecule has 7 heteroatoms. The predicted molar refractivity (Wildman–Crippen MR) is 166 cm³/mol. The smallest absolute Gasteiger partial charge is 1.00 e. The van der Waals surface area contributed by atoms with Crippen LogP contribution >= 0.6 is 0 Å². The molecule has 0 bridgehead atoms. The molecular formula is C35H47Cl3FeN3. The molecule has 0 atom stereocenters. The normalized spacial score (nSPS) is 11.1. The Morgan fingerprint density at radius 1 is 0.571 bits per heavy atom. The molecule has 1 radical (unpaired) electrons. The van der Waals surface area contributed by atoms with Crippen molar-refractivity contribution < 1.29 is 54.3 Å². The Kier molecular flexibility index (Phi) is 21.3. The summed E-state index contributed by atoms with van der Waals surface area (Å²) in [6.45, 7) is 17.5. The first-order valence-corrected chi connectivity index (χ1v) is 14.6. The maximum Gasteiger partial charge on any atom is 3.00 e. The SMILES string of the molecule is CCCc1cc(C)cc(CCC)c1N=C(C)c1cccc(C(C)=Nc2c(CCC)cc(C)cc2CCC)n1.[Cl-].[Cl-].[Cl-].[Fe+3]. The number of hydrogen-bond acceptors (Lipinski definition) is 3. The molecule has 3 rings (SSSR count). The van der Waals surface area contributed by atoms with E-state index in [1.807, 2.05) is 0 Å². The fourth-order valence-corrected chi connectivity index (χ4v) is 5.28. The molecule has 0 aliphatic heterocycles. The van der Waals surface area contributed by atoms with Gasteiger partial charge >= 0.3 is 17.1 Å². The Hall–Kier alpha value is -1.68. The molecule has 0 amide bonds. The van der Waals surface area contributed by atoms with Crippen molar-refractivity contribution >= 4 is 22.8 Å². The number of benzene rings is 2. The standard InChI is InChI=1S/C35H47N3.3ClH.Fe/c1-9-14-28-20-24(5)21-29(15-10-2)34(28)36-26(7)32-18-13-19-33(38-32)27(8)37-35-30(16-11-3)22-25(6)23-31(35)17-12-4;;;;/h13,18-23H,9-12,14-17H2,1-8H3;3*1H;/q;;;;+3/p-3. The molecule has 1 heterocycles. The van der Waals surface area contributed by atoms with Crippen LogP contribution in [0.1, 0.15) is 112 Å². The molecule has 0 fully saturated rings. The summed E-state index contributed by atoms with van der Waals surface area (Å²) < 4.78 is 0. The van der Waals surface area contributed by atoms with Gasteiger partial charge in [0.25, 0.3) is 0 Å². The average Bonchev–Trinajstić information content (AvgIpc) is 2.88. The summed E-state index contributed by atoms with van der Waals surface area (Å²) in [5, 5.41) is 0. The van der Waals surface area contributed by atoms with E-state index < -0.39 is 0 Å². The predicted octanol–water partition coefficient (Wildman–Crippen LogP) is 0.799. The number of hydrogen-bond donors (Lipinski definition) is 0. The Balaban J connectivity index is 0. The zero-order valence-electron chi connectivity index (χ0n) is 26.5. The van der Waals surface area contributed by atoms with Gasteiger partial charge < -0.3 is 37.2 Å². The number of aromatic nitrogens is 1. The van der Waals surface area contributed by atoms with Crippen LogP contribution in [0.2, 0.25) is 0 Å². The monoisotopic (exact) mass is 670 g/mol. The van der Waals surface area contributed by atoms with Gasteiger partial charge in [0.1, 0.15) is 0 Å². The van der Waals surface area contributed by atoms with Crippen LogP contribution < -0.4 is 37.2 Å². The molecule has 1 aromatic heterocycles. The van der Waals surface area contributed by atoms with Gasteiger partial charge in [-0.2, -0.15) is 0 Å². The first-order valence-electron chi connectivity index (χ1n) is 14.6. The number of halogens is 3. The largest absolute Gasteiger partial charge is 3.00 e. The Bertz CT molecular complexity index is 1170. The van der Waals surface area contributed by atoms with Gasteiger partial charge in [-0.05, 0) is 87.8 Å². The molecule has 42 heavy (non-hydrogen) atoms. The molecule has 0 N–H and O–H groups in total. The summed E-state index contributed by atoms with van der Waals surface area (Å²) in [7, 11) is 0. The van der Waals surface area contributed by atoms with Gasteiger partial charge in [0, 0.05) is 0 Å². The van der Waals surface area contributed by atoms with Crippen LogP contribution in [0.4, 0.5) is 11.4 Å². The maximum absolute atomic E-state index is 5.19. The fourth-order valence-electron chi connectivity index (χ4n) is 5.28. The summed E-state index contributed by atoms with van der Waals surface area (Å²) >= 11 is 0. The fraction of sp³-hybridized carbons (Fsp3) is 0.457. The summed E-state index contributed by atoms with van der Waals surface area (Å²) in [5.74, 6) is 0. The van der Waals surface area contributed by atoms with Gasteiger partial charge in [0.05, 0.1) is 34.2 Å². The Morgan fingerprint density at radius 2 is 0.857 bits per heavy atom. The average molecular weight is 672 g/mol. The zero-order valence-corrected chi connectivity index (χ0v) is 29.9. The molecule has 3 aromatic rings. The third-order valence-corrected chi connectivity index (χ3v) is 6.95. The minimum absolute atomic E-state index is 0. The first-order chi connectivity index (χ1) is 18.3. The quantitative estimate of drug-likeness (QED) is 0.208. The van der Waals surface area contributed by atoms with Crippen LogP contribution in [-0.2, 0) is 42.8 Å². The molecule has 0 spiro atoms. The van der Waals surface area contributed by atoms with Crippen LogP contribution in [0, 0.1) is 13.8 Å². The summed E-state index contributed by atoms with van der Waals surface area (Å²) in [6.07, 6.45) is 8.61. The summed E-state index contributed by atoms with van der Waals surface area (Å²) in [6, 6.07) is 15.4. The van der Waals surface area contributed by atoms with E-state index in [1.54, 1.807) is 0 Å². The molecule has 0 saturated heterocycles. The van der Waals surface area contributed by atoms with Crippen molar-refractivity contribution in [3.05, 3.63) is 87.2 Å². The first kappa shape index (κ1) is 42.5. The van der Waals surface area contributed by atoms with E-state index in [0.717, 1.165) is 85.6 Å². The minimum Gasteiger partial charge on any atom is -1.00 e. The van der Waals surface area contributed by atoms with Gasteiger partial charge in [-0.15, -0.1) is 0 Å². The number of aliphatic imine (C=N–C) groups is 2. The van der Waals surface area contributed by atoms with Crippen molar-refractivity contribution in [3.63, 3.8) is 0 Å². The van der Waals surface area contributed by atoms with Crippen molar-refractivity contribution in [2.24, 2.45) is 9.98 Å². The second kappa shape index (κ2) is 21.1. The van der Waals surface area contributed by atoms with E-state index >= 15 is 0 Å². The second-order valence-electron chi connectivity index (χ2n) is 10.7. The topological polar surface area (TPSA) is 37.6 Å². The van der Waals surface area contributed by atoms with E-state index in [4.69, 9.17) is 15.0 Å². The number of nitrogens with zero attached hydrogens (tertiary/aromatic N) is 3. The molecular weight excluding hydrogens is 625 g/mol. The van der Waals surface area contributed by atoms with Crippen LogP contribution in [0.15, 0.2) is 52.4 Å². The number of aryl methyl sites for hydroxylation is 6. The third-order valence-electron chi connectivity index (χ3n) is 6.95. The van der Waals surface area contributed by atoms with Crippen molar-refractivity contribution in [2.45, 2.75) is 107 Å². The number of pyridine rings is 1. The molecule has 0 unspecified atom stereocenters. The van der Waals surface area contributed by atoms with Crippen molar-refractivity contribution in [3.8, 4) is 0 Å². The van der Waals surface area contributed by atoms with Crippen molar-refractivity contribution in [1.82, 2.24) is 4.98 Å². The van der Waals surface area contributed by atoms with Gasteiger partial charge in [-0.3, -0.25) is 9.98 Å². The van der Waals surface area contributed by atoms with Gasteiger partial charge in [-0.1, -0.05) is 94.8 Å². The van der Waals surface area contributed by atoms with E-state index in [2.05, 4.69) is 97.9 Å². The van der Waals surface area contributed by atoms with Crippen LogP contribution in [0.25, 0.3) is 0 Å². The molecule has 3 nitrogen and oxygen atoms in total. The molecule has 2 aromatic carbocycles. The summed E-state index contributed by atoms with van der Waals surface area (Å²) in [5.41, 5.74) is 14.0. The second-order valence-corrected chi connectivity index (χ2v) is 10.7. The van der Waals surface area contributed by atoms with Gasteiger partial charge in [-0.25, -0.2) is 4.98 Å². The van der Waals surface area contributed by atoms with E-state index in [-0.39, 0.29) is 54.3 Å². The van der Waals surface area contributed by atoms with Gasteiger partial charge in [0.2, 0.25) is 0 Å². The minimum atomic E-state index is 0. The van der Waals surface area contributed by atoms with E-state index in [9.17, 15) is 0 Å². The van der Waals surface area contributed by atoms with Crippen LogP contribution in [0.5, 0.6) is 0 Å². The Labute approximate surface area is 284 Å². The third kappa shape index (κ3) is 11.4. The summed E-state index contributed by atoms with van der Waals surface area (Å²) in [4.78, 5) is 15.4. The van der Waals surface area contributed by atoms with Crippen LogP contribution in [0.3, 0.4) is 0 Å². The van der Waals surface area contributed by atoms with E-state index in [1.165, 1.54) is 33.4 Å².